The van der Waals surface area contributed by atoms with Crippen LogP contribution in [0.2, 0.25) is 0 Å². The molecule has 2 aliphatic rings. The van der Waals surface area contributed by atoms with Gasteiger partial charge < -0.3 is 20.3 Å². The Morgan fingerprint density at radius 1 is 0.949 bits per heavy atom. The van der Waals surface area contributed by atoms with Gasteiger partial charge in [-0.2, -0.15) is 0 Å². The maximum absolute atomic E-state index is 13.3. The second kappa shape index (κ2) is 11.6. The number of carbonyl (C=O) groups is 2. The highest BCUT2D eigenvalue weighted by Crippen LogP contribution is 2.38. The van der Waals surface area contributed by atoms with Crippen molar-refractivity contribution in [2.24, 2.45) is 17.6 Å². The highest BCUT2D eigenvalue weighted by atomic mass is 16.5. The highest BCUT2D eigenvalue weighted by molar-refractivity contribution is 5.96. The molecule has 3 unspecified atom stereocenters. The summed E-state index contributed by atoms with van der Waals surface area (Å²) >= 11 is 0. The molecule has 3 aromatic rings. The van der Waals surface area contributed by atoms with Crippen LogP contribution in [0, 0.1) is 25.7 Å². The first-order valence-corrected chi connectivity index (χ1v) is 13.8. The summed E-state index contributed by atoms with van der Waals surface area (Å²) in [6.07, 6.45) is 2.58. The minimum atomic E-state index is -0.431. The number of methoxy groups -OCH3 is 1. The molecule has 2 N–H and O–H groups in total. The van der Waals surface area contributed by atoms with Crippen LogP contribution in [0.3, 0.4) is 0 Å². The number of rotatable bonds is 9. The zero-order valence-corrected chi connectivity index (χ0v) is 23.0. The fraction of sp³-hybridized carbons (Fsp3) is 0.406. The predicted molar refractivity (Wildman–Crippen MR) is 152 cm³/mol. The molecule has 0 bridgehead atoms. The summed E-state index contributed by atoms with van der Waals surface area (Å²) in [6.45, 7) is 8.26. The van der Waals surface area contributed by atoms with Crippen molar-refractivity contribution in [1.82, 2.24) is 14.8 Å². The average molecular weight is 527 g/mol. The molecule has 1 aromatic heterocycles. The molecule has 2 amide bonds. The molecule has 5 rings (SSSR count). The summed E-state index contributed by atoms with van der Waals surface area (Å²) in [7, 11) is 1.63. The van der Waals surface area contributed by atoms with Gasteiger partial charge in [-0.25, -0.2) is 0 Å². The van der Waals surface area contributed by atoms with E-state index >= 15 is 0 Å². The second-order valence-corrected chi connectivity index (χ2v) is 11.0. The van der Waals surface area contributed by atoms with Gasteiger partial charge in [0.25, 0.3) is 5.91 Å². The highest BCUT2D eigenvalue weighted by Gasteiger charge is 2.42. The normalized spacial score (nSPS) is 20.4. The number of nitrogens with two attached hydrogens (primary N) is 1. The number of primary amides is 1. The lowest BCUT2D eigenvalue weighted by molar-refractivity contribution is -0.120. The van der Waals surface area contributed by atoms with Gasteiger partial charge in [0.15, 0.2) is 0 Å². The molecule has 7 nitrogen and oxygen atoms in total. The number of carbonyl (C=O) groups excluding carboxylic acids is 2. The Hall–Kier alpha value is -3.71. The summed E-state index contributed by atoms with van der Waals surface area (Å²) in [4.78, 5) is 35.0. The molecule has 2 aliphatic heterocycles. The molecule has 39 heavy (non-hydrogen) atoms. The van der Waals surface area contributed by atoms with Crippen molar-refractivity contribution >= 4 is 11.8 Å². The molecule has 0 aliphatic carbocycles. The molecule has 0 saturated carbocycles. The lowest BCUT2D eigenvalue weighted by Crippen LogP contribution is -2.35. The fourth-order valence-electron chi connectivity index (χ4n) is 6.57. The first-order valence-electron chi connectivity index (χ1n) is 13.8. The van der Waals surface area contributed by atoms with Crippen molar-refractivity contribution in [2.75, 3.05) is 39.8 Å². The number of hydrogen-bond acceptors (Lipinski definition) is 5. The topological polar surface area (TPSA) is 88.8 Å². The second-order valence-electron chi connectivity index (χ2n) is 11.0. The Bertz CT molecular complexity index is 1280. The fourth-order valence-corrected chi connectivity index (χ4v) is 6.57. The van der Waals surface area contributed by atoms with Crippen molar-refractivity contribution in [3.8, 4) is 5.75 Å². The van der Waals surface area contributed by atoms with E-state index < -0.39 is 5.92 Å². The molecule has 2 aromatic carbocycles. The lowest BCUT2D eigenvalue weighted by atomic mass is 9.79. The Kier molecular flexibility index (Phi) is 7.98. The first kappa shape index (κ1) is 26.9. The van der Waals surface area contributed by atoms with E-state index in [0.29, 0.717) is 11.8 Å². The molecule has 2 saturated heterocycles. The summed E-state index contributed by atoms with van der Waals surface area (Å²) in [5.74, 6) is 1.01. The van der Waals surface area contributed by atoms with Gasteiger partial charge in [0.05, 0.1) is 24.3 Å². The molecular formula is C32H38N4O3. The SMILES string of the molecule is COc1ccc(C(C(N)=O)[C@H](CCN2CC3CN(C(=O)c4c(C)ccnc4C)CC3C2)c2ccccc2)cc1. The maximum Gasteiger partial charge on any atom is 0.255 e. The van der Waals surface area contributed by atoms with E-state index in [9.17, 15) is 9.59 Å². The van der Waals surface area contributed by atoms with Crippen LogP contribution in [0.1, 0.15) is 51.0 Å². The van der Waals surface area contributed by atoms with Crippen LogP contribution in [0.4, 0.5) is 0 Å². The number of aromatic nitrogens is 1. The lowest BCUT2D eigenvalue weighted by Gasteiger charge is -2.29. The Morgan fingerprint density at radius 3 is 2.21 bits per heavy atom. The Morgan fingerprint density at radius 2 is 1.62 bits per heavy atom. The zero-order valence-electron chi connectivity index (χ0n) is 23.0. The molecule has 4 atom stereocenters. The minimum Gasteiger partial charge on any atom is -0.497 e. The minimum absolute atomic E-state index is 0.0351. The summed E-state index contributed by atoms with van der Waals surface area (Å²) in [6, 6.07) is 19.8. The Labute approximate surface area is 231 Å². The van der Waals surface area contributed by atoms with Crippen molar-refractivity contribution < 1.29 is 14.3 Å². The van der Waals surface area contributed by atoms with Crippen LogP contribution in [0.5, 0.6) is 5.75 Å². The molecule has 3 heterocycles. The van der Waals surface area contributed by atoms with Crippen LogP contribution in [-0.2, 0) is 4.79 Å². The van der Waals surface area contributed by atoms with Gasteiger partial charge in [-0.1, -0.05) is 42.5 Å². The van der Waals surface area contributed by atoms with Gasteiger partial charge in [0.1, 0.15) is 5.75 Å². The molecule has 204 valence electrons. The quantitative estimate of drug-likeness (QED) is 0.453. The monoisotopic (exact) mass is 526 g/mol. The van der Waals surface area contributed by atoms with Gasteiger partial charge >= 0.3 is 0 Å². The van der Waals surface area contributed by atoms with Gasteiger partial charge in [-0.15, -0.1) is 0 Å². The average Bonchev–Trinajstić information content (AvgIpc) is 3.50. The maximum atomic E-state index is 13.3. The van der Waals surface area contributed by atoms with E-state index in [1.54, 1.807) is 13.3 Å². The third-order valence-electron chi connectivity index (χ3n) is 8.58. The van der Waals surface area contributed by atoms with E-state index in [2.05, 4.69) is 22.0 Å². The van der Waals surface area contributed by atoms with Gasteiger partial charge in [-0.05, 0) is 73.5 Å². The van der Waals surface area contributed by atoms with Crippen molar-refractivity contribution in [2.45, 2.75) is 32.1 Å². The van der Waals surface area contributed by atoms with E-state index in [4.69, 9.17) is 10.5 Å². The van der Waals surface area contributed by atoms with Crippen LogP contribution in [0.15, 0.2) is 66.9 Å². The van der Waals surface area contributed by atoms with Crippen LogP contribution in [-0.4, -0.2) is 66.4 Å². The molecule has 7 heteroatoms. The van der Waals surface area contributed by atoms with Gasteiger partial charge in [0, 0.05) is 38.3 Å². The number of aryl methyl sites for hydroxylation is 2. The first-order chi connectivity index (χ1) is 18.9. The number of likely N-dealkylation sites (tertiary alicyclic amines) is 2. The third kappa shape index (κ3) is 5.69. The number of ether oxygens (including phenoxy) is 1. The smallest absolute Gasteiger partial charge is 0.255 e. The molecule has 0 spiro atoms. The van der Waals surface area contributed by atoms with Crippen LogP contribution >= 0.6 is 0 Å². The van der Waals surface area contributed by atoms with Crippen molar-refractivity contribution in [1.29, 1.82) is 0 Å². The van der Waals surface area contributed by atoms with E-state index in [1.807, 2.05) is 67.3 Å². The van der Waals surface area contributed by atoms with E-state index in [-0.39, 0.29) is 17.7 Å². The summed E-state index contributed by atoms with van der Waals surface area (Å²) < 4.78 is 5.31. The summed E-state index contributed by atoms with van der Waals surface area (Å²) in [5.41, 5.74) is 10.6. The van der Waals surface area contributed by atoms with Gasteiger partial charge in [-0.3, -0.25) is 14.6 Å². The largest absolute Gasteiger partial charge is 0.497 e. The standard InChI is InChI=1S/C32H38N4O3/c1-21-13-15-34-22(2)29(21)32(38)36-19-25-17-35(18-26(25)20-36)16-14-28(23-7-5-4-6-8-23)30(31(33)37)24-9-11-27(39-3)12-10-24/h4-13,15,25-26,28,30H,14,16-20H2,1-3H3,(H2,33,37)/t25?,26?,28-,30?/m1/s1. The zero-order chi connectivity index (χ0) is 27.5. The molecule has 0 radical (unpaired) electrons. The van der Waals surface area contributed by atoms with Gasteiger partial charge in [0.2, 0.25) is 5.91 Å². The van der Waals surface area contributed by atoms with Crippen LogP contribution < -0.4 is 10.5 Å². The van der Waals surface area contributed by atoms with E-state index in [1.165, 1.54) is 0 Å². The number of pyridine rings is 1. The van der Waals surface area contributed by atoms with Crippen molar-refractivity contribution in [3.63, 3.8) is 0 Å². The summed E-state index contributed by atoms with van der Waals surface area (Å²) in [5, 5.41) is 0. The number of hydrogen-bond donors (Lipinski definition) is 1. The molecular weight excluding hydrogens is 488 g/mol. The number of fused-ring (bicyclic) bond motifs is 1. The number of nitrogens with zero attached hydrogens (tertiary/aromatic N) is 3. The van der Waals surface area contributed by atoms with Crippen molar-refractivity contribution in [3.05, 3.63) is 94.8 Å². The number of amides is 2. The molecule has 2 fully saturated rings. The third-order valence-corrected chi connectivity index (χ3v) is 8.58. The predicted octanol–water partition coefficient (Wildman–Crippen LogP) is 4.15. The Balaban J connectivity index is 1.26. The van der Waals surface area contributed by atoms with Crippen LogP contribution in [0.25, 0.3) is 0 Å². The number of benzene rings is 2. The van der Waals surface area contributed by atoms with E-state index in [0.717, 1.165) is 72.8 Å².